The number of rotatable bonds is 2. The molecule has 2 aromatic carbocycles. The lowest BCUT2D eigenvalue weighted by atomic mass is 9.92. The van der Waals surface area contributed by atoms with Crippen LogP contribution >= 0.6 is 15.9 Å². The lowest BCUT2D eigenvalue weighted by Gasteiger charge is -2.17. The van der Waals surface area contributed by atoms with Gasteiger partial charge in [-0.3, -0.25) is 0 Å². The molecule has 0 saturated heterocycles. The first-order valence-corrected chi connectivity index (χ1v) is 7.57. The molecular weight excluding hydrogens is 314 g/mol. The Kier molecular flexibility index (Phi) is 3.67. The summed E-state index contributed by atoms with van der Waals surface area (Å²) in [5, 5.41) is 0. The first-order valence-electron chi connectivity index (χ1n) is 6.78. The topological polar surface area (TPSA) is 35.2 Å². The molecule has 2 N–H and O–H groups in total. The van der Waals surface area contributed by atoms with Crippen molar-refractivity contribution in [1.29, 1.82) is 0 Å². The van der Waals surface area contributed by atoms with Gasteiger partial charge in [-0.25, -0.2) is 0 Å². The van der Waals surface area contributed by atoms with Crippen LogP contribution in [0.1, 0.15) is 39.4 Å². The molecule has 0 aromatic heterocycles. The molecule has 0 aliphatic carbocycles. The van der Waals surface area contributed by atoms with Crippen LogP contribution in [0, 0.1) is 13.8 Å². The Bertz CT molecular complexity index is 666. The van der Waals surface area contributed by atoms with Crippen LogP contribution in [0.2, 0.25) is 0 Å². The molecule has 104 valence electrons. The molecule has 1 atom stereocenters. The third-order valence-corrected chi connectivity index (χ3v) is 4.84. The van der Waals surface area contributed by atoms with Crippen LogP contribution in [0.5, 0.6) is 0 Å². The molecule has 0 amide bonds. The summed E-state index contributed by atoms with van der Waals surface area (Å²) in [6, 6.07) is 10.7. The van der Waals surface area contributed by atoms with Gasteiger partial charge in [-0.15, -0.1) is 0 Å². The number of hydrogen-bond donors (Lipinski definition) is 1. The van der Waals surface area contributed by atoms with Crippen LogP contribution < -0.4 is 5.73 Å². The largest absolute Gasteiger partial charge is 0.372 e. The van der Waals surface area contributed by atoms with Gasteiger partial charge in [0.25, 0.3) is 0 Å². The van der Waals surface area contributed by atoms with E-state index >= 15 is 0 Å². The van der Waals surface area contributed by atoms with E-state index in [0.29, 0.717) is 6.61 Å². The van der Waals surface area contributed by atoms with Gasteiger partial charge in [-0.1, -0.05) is 40.2 Å². The van der Waals surface area contributed by atoms with E-state index in [9.17, 15) is 0 Å². The Morgan fingerprint density at radius 2 is 1.80 bits per heavy atom. The second-order valence-electron chi connectivity index (χ2n) is 5.46. The first kappa shape index (κ1) is 13.8. The fourth-order valence-electron chi connectivity index (χ4n) is 2.70. The molecule has 1 aliphatic heterocycles. The quantitative estimate of drug-likeness (QED) is 0.897. The molecule has 0 fully saturated rings. The predicted octanol–water partition coefficient (Wildman–Crippen LogP) is 4.14. The van der Waals surface area contributed by atoms with Gasteiger partial charge < -0.3 is 10.5 Å². The number of fused-ring (bicyclic) bond motifs is 1. The third-order valence-electron chi connectivity index (χ3n) is 3.99. The maximum Gasteiger partial charge on any atom is 0.0725 e. The normalized spacial score (nSPS) is 15.2. The highest BCUT2D eigenvalue weighted by atomic mass is 79.9. The maximum atomic E-state index is 6.47. The van der Waals surface area contributed by atoms with E-state index in [1.54, 1.807) is 0 Å². The zero-order valence-electron chi connectivity index (χ0n) is 11.7. The standard InChI is InChI=1S/C17H18BrNO/c1-10-6-16(18)11(2)5-15(10)17(19)12-3-4-13-8-20-9-14(13)7-12/h3-7,17H,8-9,19H2,1-2H3. The second-order valence-corrected chi connectivity index (χ2v) is 6.31. The maximum absolute atomic E-state index is 6.47. The highest BCUT2D eigenvalue weighted by molar-refractivity contribution is 9.10. The van der Waals surface area contributed by atoms with Gasteiger partial charge in [0.1, 0.15) is 0 Å². The van der Waals surface area contributed by atoms with Crippen LogP contribution in [0.3, 0.4) is 0 Å². The zero-order valence-corrected chi connectivity index (χ0v) is 13.3. The molecule has 2 aromatic rings. The van der Waals surface area contributed by atoms with Crippen molar-refractivity contribution in [2.75, 3.05) is 0 Å². The number of nitrogens with two attached hydrogens (primary N) is 1. The number of benzene rings is 2. The van der Waals surface area contributed by atoms with Gasteiger partial charge >= 0.3 is 0 Å². The predicted molar refractivity (Wildman–Crippen MR) is 84.6 cm³/mol. The zero-order chi connectivity index (χ0) is 14.3. The fourth-order valence-corrected chi connectivity index (χ4v) is 3.16. The van der Waals surface area contributed by atoms with Gasteiger partial charge in [0.2, 0.25) is 0 Å². The van der Waals surface area contributed by atoms with Crippen molar-refractivity contribution in [3.63, 3.8) is 0 Å². The molecule has 20 heavy (non-hydrogen) atoms. The van der Waals surface area contributed by atoms with E-state index in [4.69, 9.17) is 10.5 Å². The lowest BCUT2D eigenvalue weighted by Crippen LogP contribution is -2.14. The van der Waals surface area contributed by atoms with Crippen molar-refractivity contribution in [2.24, 2.45) is 5.73 Å². The minimum absolute atomic E-state index is 0.0901. The molecule has 0 bridgehead atoms. The monoisotopic (exact) mass is 331 g/mol. The molecule has 0 radical (unpaired) electrons. The number of ether oxygens (including phenoxy) is 1. The highest BCUT2D eigenvalue weighted by Crippen LogP contribution is 2.30. The van der Waals surface area contributed by atoms with Crippen molar-refractivity contribution in [3.05, 3.63) is 68.2 Å². The van der Waals surface area contributed by atoms with Crippen LogP contribution in [0.4, 0.5) is 0 Å². The van der Waals surface area contributed by atoms with Crippen molar-refractivity contribution >= 4 is 15.9 Å². The second kappa shape index (κ2) is 5.32. The van der Waals surface area contributed by atoms with Crippen molar-refractivity contribution in [3.8, 4) is 0 Å². The van der Waals surface area contributed by atoms with Gasteiger partial charge in [0.15, 0.2) is 0 Å². The summed E-state index contributed by atoms with van der Waals surface area (Å²) < 4.78 is 6.60. The molecule has 1 heterocycles. The molecule has 1 unspecified atom stereocenters. The van der Waals surface area contributed by atoms with Gasteiger partial charge in [0.05, 0.1) is 19.3 Å². The molecule has 1 aliphatic rings. The summed E-state index contributed by atoms with van der Waals surface area (Å²) in [6.07, 6.45) is 0. The average Bonchev–Trinajstić information content (AvgIpc) is 2.89. The third kappa shape index (κ3) is 2.41. The molecule has 0 saturated carbocycles. The van der Waals surface area contributed by atoms with Crippen molar-refractivity contribution < 1.29 is 4.74 Å². The number of halogens is 1. The van der Waals surface area contributed by atoms with Crippen LogP contribution in [-0.2, 0) is 18.0 Å². The van der Waals surface area contributed by atoms with Gasteiger partial charge in [-0.2, -0.15) is 0 Å². The van der Waals surface area contributed by atoms with Crippen molar-refractivity contribution in [1.82, 2.24) is 0 Å². The Morgan fingerprint density at radius 1 is 1.05 bits per heavy atom. The summed E-state index contributed by atoms with van der Waals surface area (Å²) in [4.78, 5) is 0. The molecule has 2 nitrogen and oxygen atoms in total. The SMILES string of the molecule is Cc1cc(C(N)c2ccc3c(c2)COC3)c(C)cc1Br. The fraction of sp³-hybridized carbons (Fsp3) is 0.294. The molecule has 3 heteroatoms. The Labute approximate surface area is 128 Å². The van der Waals surface area contributed by atoms with Gasteiger partial charge in [-0.05, 0) is 53.3 Å². The van der Waals surface area contributed by atoms with E-state index in [1.807, 2.05) is 0 Å². The van der Waals surface area contributed by atoms with Crippen LogP contribution in [0.25, 0.3) is 0 Å². The van der Waals surface area contributed by atoms with E-state index in [2.05, 4.69) is 60.1 Å². The Balaban J connectivity index is 2.00. The molecular formula is C17H18BrNO. The Morgan fingerprint density at radius 3 is 2.60 bits per heavy atom. The van der Waals surface area contributed by atoms with E-state index in [-0.39, 0.29) is 6.04 Å². The summed E-state index contributed by atoms with van der Waals surface area (Å²) in [7, 11) is 0. The summed E-state index contributed by atoms with van der Waals surface area (Å²) in [6.45, 7) is 5.63. The van der Waals surface area contributed by atoms with E-state index in [1.165, 1.54) is 27.8 Å². The van der Waals surface area contributed by atoms with E-state index < -0.39 is 0 Å². The first-order chi connectivity index (χ1) is 9.56. The molecule has 0 spiro atoms. The summed E-state index contributed by atoms with van der Waals surface area (Å²) in [5.41, 5.74) is 13.8. The average molecular weight is 332 g/mol. The molecule has 3 rings (SSSR count). The minimum atomic E-state index is -0.0901. The van der Waals surface area contributed by atoms with Gasteiger partial charge in [0, 0.05) is 4.47 Å². The smallest absolute Gasteiger partial charge is 0.0725 e. The highest BCUT2D eigenvalue weighted by Gasteiger charge is 2.17. The van der Waals surface area contributed by atoms with Crippen LogP contribution in [-0.4, -0.2) is 0 Å². The van der Waals surface area contributed by atoms with Crippen LogP contribution in [0.15, 0.2) is 34.8 Å². The number of aryl methyl sites for hydroxylation is 2. The summed E-state index contributed by atoms with van der Waals surface area (Å²) in [5.74, 6) is 0. The summed E-state index contributed by atoms with van der Waals surface area (Å²) >= 11 is 3.57. The minimum Gasteiger partial charge on any atom is -0.372 e. The number of hydrogen-bond acceptors (Lipinski definition) is 2. The Hall–Kier alpha value is -1.16. The lowest BCUT2D eigenvalue weighted by molar-refractivity contribution is 0.134. The van der Waals surface area contributed by atoms with E-state index in [0.717, 1.165) is 16.6 Å². The van der Waals surface area contributed by atoms with Crippen molar-refractivity contribution in [2.45, 2.75) is 33.1 Å².